The quantitative estimate of drug-likeness (QED) is 0.671. The van der Waals surface area contributed by atoms with E-state index >= 15 is 0 Å². The fraction of sp³-hybridized carbons (Fsp3) is 0.400. The van der Waals surface area contributed by atoms with Gasteiger partial charge in [-0.2, -0.15) is 13.2 Å². The van der Waals surface area contributed by atoms with Gasteiger partial charge in [0.1, 0.15) is 0 Å². The summed E-state index contributed by atoms with van der Waals surface area (Å²) in [7, 11) is 0. The fourth-order valence-corrected chi connectivity index (χ4v) is 1.90. The topological polar surface area (TPSA) is 29.3 Å². The monoisotopic (exact) mass is 216 g/mol. The smallest absolute Gasteiger partial charge is 0.268 e. The van der Waals surface area contributed by atoms with Crippen molar-refractivity contribution in [1.82, 2.24) is 5.01 Å². The lowest BCUT2D eigenvalue weighted by Crippen LogP contribution is -2.37. The van der Waals surface area contributed by atoms with Crippen LogP contribution < -0.4 is 5.84 Å². The first kappa shape index (κ1) is 10.4. The maximum Gasteiger partial charge on any atom is 0.416 e. The minimum Gasteiger partial charge on any atom is -0.268 e. The Morgan fingerprint density at radius 1 is 1.27 bits per heavy atom. The zero-order valence-corrected chi connectivity index (χ0v) is 8.01. The van der Waals surface area contributed by atoms with Crippen LogP contribution in [0.4, 0.5) is 13.2 Å². The molecule has 2 rings (SSSR count). The third-order valence-electron chi connectivity index (χ3n) is 2.60. The van der Waals surface area contributed by atoms with Gasteiger partial charge in [-0.3, -0.25) is 5.84 Å². The summed E-state index contributed by atoms with van der Waals surface area (Å²) in [6, 6.07) is 4.26. The molecule has 82 valence electrons. The van der Waals surface area contributed by atoms with Gasteiger partial charge < -0.3 is 0 Å². The number of hydrogen-bond acceptors (Lipinski definition) is 2. The average molecular weight is 216 g/mol. The van der Waals surface area contributed by atoms with Crippen molar-refractivity contribution in [2.75, 3.05) is 6.54 Å². The maximum absolute atomic E-state index is 12.6. The molecule has 1 aliphatic heterocycles. The van der Waals surface area contributed by atoms with Crippen LogP contribution in [0.1, 0.15) is 16.7 Å². The van der Waals surface area contributed by atoms with E-state index in [1.165, 1.54) is 11.1 Å². The van der Waals surface area contributed by atoms with Crippen molar-refractivity contribution in [2.45, 2.75) is 19.1 Å². The van der Waals surface area contributed by atoms with Crippen molar-refractivity contribution >= 4 is 0 Å². The van der Waals surface area contributed by atoms with Crippen LogP contribution in [-0.4, -0.2) is 11.6 Å². The largest absolute Gasteiger partial charge is 0.416 e. The first-order valence-electron chi connectivity index (χ1n) is 4.66. The third kappa shape index (κ3) is 1.98. The molecular weight excluding hydrogens is 205 g/mol. The highest BCUT2D eigenvalue weighted by Gasteiger charge is 2.34. The van der Waals surface area contributed by atoms with Crippen LogP contribution in [0.15, 0.2) is 18.2 Å². The molecule has 0 aliphatic carbocycles. The van der Waals surface area contributed by atoms with E-state index < -0.39 is 11.7 Å². The minimum absolute atomic E-state index is 0.363. The number of hydrazine groups is 1. The highest BCUT2D eigenvalue weighted by Crippen LogP contribution is 2.34. The highest BCUT2D eigenvalue weighted by molar-refractivity contribution is 5.38. The zero-order chi connectivity index (χ0) is 11.1. The molecular formula is C10H11F3N2. The van der Waals surface area contributed by atoms with E-state index in [0.29, 0.717) is 30.6 Å². The summed E-state index contributed by atoms with van der Waals surface area (Å²) >= 11 is 0. The molecule has 0 fully saturated rings. The number of fused-ring (bicyclic) bond motifs is 1. The van der Waals surface area contributed by atoms with Gasteiger partial charge in [0.25, 0.3) is 0 Å². The molecule has 0 bridgehead atoms. The van der Waals surface area contributed by atoms with Crippen molar-refractivity contribution in [3.8, 4) is 0 Å². The van der Waals surface area contributed by atoms with Gasteiger partial charge in [-0.1, -0.05) is 12.1 Å². The van der Waals surface area contributed by atoms with Crippen molar-refractivity contribution in [3.05, 3.63) is 34.9 Å². The third-order valence-corrected chi connectivity index (χ3v) is 2.60. The molecule has 0 atom stereocenters. The molecule has 1 aromatic carbocycles. The molecule has 1 heterocycles. The van der Waals surface area contributed by atoms with E-state index in [0.717, 1.165) is 6.07 Å². The van der Waals surface area contributed by atoms with Crippen LogP contribution >= 0.6 is 0 Å². The Bertz CT molecular complexity index is 373. The molecule has 2 nitrogen and oxygen atoms in total. The summed E-state index contributed by atoms with van der Waals surface area (Å²) in [5, 5.41) is 1.53. The van der Waals surface area contributed by atoms with Gasteiger partial charge in [-0.25, -0.2) is 5.01 Å². The van der Waals surface area contributed by atoms with Crippen LogP contribution in [0.5, 0.6) is 0 Å². The van der Waals surface area contributed by atoms with Crippen LogP contribution in [0.3, 0.4) is 0 Å². The Morgan fingerprint density at radius 3 is 2.67 bits per heavy atom. The summed E-state index contributed by atoms with van der Waals surface area (Å²) < 4.78 is 37.9. The van der Waals surface area contributed by atoms with Crippen LogP contribution in [0, 0.1) is 0 Å². The van der Waals surface area contributed by atoms with E-state index in [4.69, 9.17) is 5.84 Å². The van der Waals surface area contributed by atoms with Gasteiger partial charge in [0.05, 0.1) is 5.56 Å². The molecule has 15 heavy (non-hydrogen) atoms. The second kappa shape index (κ2) is 3.50. The lowest BCUT2D eigenvalue weighted by atomic mass is 9.95. The van der Waals surface area contributed by atoms with Crippen LogP contribution in [-0.2, 0) is 19.1 Å². The number of nitrogens with two attached hydrogens (primary N) is 1. The van der Waals surface area contributed by atoms with Crippen molar-refractivity contribution < 1.29 is 13.2 Å². The lowest BCUT2D eigenvalue weighted by molar-refractivity contribution is -0.138. The zero-order valence-electron chi connectivity index (χ0n) is 8.01. The molecule has 0 radical (unpaired) electrons. The average Bonchev–Trinajstić information content (AvgIpc) is 2.15. The van der Waals surface area contributed by atoms with E-state index in [9.17, 15) is 13.2 Å². The van der Waals surface area contributed by atoms with Gasteiger partial charge >= 0.3 is 6.18 Å². The van der Waals surface area contributed by atoms with E-state index in [-0.39, 0.29) is 0 Å². The summed E-state index contributed by atoms with van der Waals surface area (Å²) in [6.07, 6.45) is -3.90. The predicted molar refractivity (Wildman–Crippen MR) is 49.7 cm³/mol. The SMILES string of the molecule is NN1CCc2c(cccc2C(F)(F)F)C1. The summed E-state index contributed by atoms with van der Waals surface area (Å²) in [5.74, 6) is 5.56. The molecule has 1 aromatic rings. The van der Waals surface area contributed by atoms with Crippen molar-refractivity contribution in [1.29, 1.82) is 0 Å². The number of nitrogens with zero attached hydrogens (tertiary/aromatic N) is 1. The number of hydrogen-bond donors (Lipinski definition) is 1. The summed E-state index contributed by atoms with van der Waals surface area (Å²) in [4.78, 5) is 0. The molecule has 0 saturated heterocycles. The lowest BCUT2D eigenvalue weighted by Gasteiger charge is -2.26. The number of benzene rings is 1. The Kier molecular flexibility index (Phi) is 2.44. The Balaban J connectivity index is 2.47. The molecule has 0 spiro atoms. The Morgan fingerprint density at radius 2 is 2.00 bits per heavy atom. The Labute approximate surface area is 85.5 Å². The van der Waals surface area contributed by atoms with Gasteiger partial charge in [0.2, 0.25) is 0 Å². The van der Waals surface area contributed by atoms with Crippen molar-refractivity contribution in [3.63, 3.8) is 0 Å². The number of rotatable bonds is 0. The molecule has 2 N–H and O–H groups in total. The first-order chi connectivity index (χ1) is 6.98. The second-order valence-electron chi connectivity index (χ2n) is 3.66. The van der Waals surface area contributed by atoms with E-state index in [1.807, 2.05) is 0 Å². The predicted octanol–water partition coefficient (Wildman–Crippen LogP) is 1.94. The standard InChI is InChI=1S/C10H11F3N2/c11-10(12,13)9-3-1-2-7-6-15(14)5-4-8(7)9/h1-3H,4-6,14H2. The second-order valence-corrected chi connectivity index (χ2v) is 3.66. The summed E-state index contributed by atoms with van der Waals surface area (Å²) in [6.45, 7) is 0.860. The number of alkyl halides is 3. The van der Waals surface area contributed by atoms with Crippen LogP contribution in [0.2, 0.25) is 0 Å². The van der Waals surface area contributed by atoms with Gasteiger partial charge in [0.15, 0.2) is 0 Å². The van der Waals surface area contributed by atoms with Crippen molar-refractivity contribution in [2.24, 2.45) is 5.84 Å². The van der Waals surface area contributed by atoms with E-state index in [2.05, 4.69) is 0 Å². The van der Waals surface area contributed by atoms with Gasteiger partial charge in [-0.15, -0.1) is 0 Å². The molecule has 0 aromatic heterocycles. The minimum atomic E-state index is -4.26. The Hall–Kier alpha value is -1.07. The molecule has 0 unspecified atom stereocenters. The first-order valence-corrected chi connectivity index (χ1v) is 4.66. The normalized spacial score (nSPS) is 17.6. The molecule has 5 heteroatoms. The molecule has 0 amide bonds. The molecule has 0 saturated carbocycles. The molecule has 1 aliphatic rings. The number of halogens is 3. The highest BCUT2D eigenvalue weighted by atomic mass is 19.4. The van der Waals surface area contributed by atoms with E-state index in [1.54, 1.807) is 6.07 Å². The van der Waals surface area contributed by atoms with Crippen LogP contribution in [0.25, 0.3) is 0 Å². The maximum atomic E-state index is 12.6. The fourth-order valence-electron chi connectivity index (χ4n) is 1.90. The van der Waals surface area contributed by atoms with Gasteiger partial charge in [-0.05, 0) is 23.6 Å². The van der Waals surface area contributed by atoms with Gasteiger partial charge in [0, 0.05) is 13.1 Å². The summed E-state index contributed by atoms with van der Waals surface area (Å²) in [5.41, 5.74) is 0.554.